The molecule has 1 saturated carbocycles. The van der Waals surface area contributed by atoms with Gasteiger partial charge in [-0.05, 0) is 58.6 Å². The minimum atomic E-state index is -1.74. The third kappa shape index (κ3) is 3.36. The Labute approximate surface area is 164 Å². The normalized spacial score (nSPS) is 21.7. The van der Waals surface area contributed by atoms with Gasteiger partial charge in [0.15, 0.2) is 0 Å². The van der Waals surface area contributed by atoms with Crippen LogP contribution in [0, 0.1) is 17.3 Å². The van der Waals surface area contributed by atoms with E-state index in [1.54, 1.807) is 0 Å². The molecule has 0 heterocycles. The summed E-state index contributed by atoms with van der Waals surface area (Å²) < 4.78 is 30.8. The maximum Gasteiger partial charge on any atom is 0.310 e. The van der Waals surface area contributed by atoms with Gasteiger partial charge in [0.05, 0.1) is 5.92 Å². The van der Waals surface area contributed by atoms with Gasteiger partial charge in [0.2, 0.25) is 0 Å². The summed E-state index contributed by atoms with van der Waals surface area (Å²) in [6, 6.07) is 14.5. The minimum absolute atomic E-state index is 0.186. The Morgan fingerprint density at radius 2 is 1.86 bits per heavy atom. The van der Waals surface area contributed by atoms with Crippen LogP contribution in [-0.2, 0) is 29.0 Å². The first kappa shape index (κ1) is 18.9. The van der Waals surface area contributed by atoms with Crippen LogP contribution in [0.2, 0.25) is 0 Å². The van der Waals surface area contributed by atoms with Crippen LogP contribution in [-0.4, -0.2) is 5.97 Å². The molecule has 2 aliphatic rings. The van der Waals surface area contributed by atoms with Crippen molar-refractivity contribution in [2.45, 2.75) is 39.7 Å². The predicted octanol–water partition coefficient (Wildman–Crippen LogP) is 5.94. The van der Waals surface area contributed by atoms with Crippen LogP contribution < -0.4 is 0 Å². The number of benzene rings is 2. The van der Waals surface area contributed by atoms with Crippen molar-refractivity contribution < 1.29 is 18.3 Å². The van der Waals surface area contributed by atoms with Crippen LogP contribution in [0.5, 0.6) is 0 Å². The first-order valence-corrected chi connectivity index (χ1v) is 9.78. The van der Waals surface area contributed by atoms with Crippen molar-refractivity contribution >= 4 is 5.97 Å². The van der Waals surface area contributed by atoms with E-state index in [0.29, 0.717) is 0 Å². The smallest absolute Gasteiger partial charge is 0.310 e. The molecule has 146 valence electrons. The van der Waals surface area contributed by atoms with Gasteiger partial charge in [-0.2, -0.15) is 8.78 Å². The zero-order valence-corrected chi connectivity index (χ0v) is 16.2. The number of rotatable bonds is 4. The second-order valence-corrected chi connectivity index (χ2v) is 8.34. The van der Waals surface area contributed by atoms with Gasteiger partial charge >= 0.3 is 5.97 Å². The molecule has 0 radical (unpaired) electrons. The highest BCUT2D eigenvalue weighted by molar-refractivity contribution is 5.78. The molecule has 2 aromatic carbocycles. The lowest BCUT2D eigenvalue weighted by Gasteiger charge is -2.14. The molecule has 0 aromatic heterocycles. The van der Waals surface area contributed by atoms with E-state index in [4.69, 9.17) is 4.74 Å². The van der Waals surface area contributed by atoms with Crippen molar-refractivity contribution in [1.29, 1.82) is 0 Å². The van der Waals surface area contributed by atoms with E-state index in [-0.39, 0.29) is 12.6 Å². The molecule has 4 heteroatoms. The number of esters is 1. The molecular weight excluding hydrogens is 358 g/mol. The first-order valence-electron chi connectivity index (χ1n) is 9.78. The molecule has 2 aliphatic carbocycles. The van der Waals surface area contributed by atoms with Crippen molar-refractivity contribution in [3.05, 3.63) is 71.3 Å². The molecule has 1 fully saturated rings. The third-order valence-electron chi connectivity index (χ3n) is 6.29. The van der Waals surface area contributed by atoms with E-state index < -0.39 is 23.3 Å². The van der Waals surface area contributed by atoms with E-state index in [1.807, 2.05) is 32.0 Å². The molecule has 28 heavy (non-hydrogen) atoms. The number of hydrogen-bond acceptors (Lipinski definition) is 2. The lowest BCUT2D eigenvalue weighted by atomic mass is 9.93. The lowest BCUT2D eigenvalue weighted by molar-refractivity contribution is -0.147. The SMILES string of the molecule is CC1(C)[C@@H](C=C(F)F)[C@@H]1C(=O)OCc1cccc2c1CCCc1ccccc1-2. The molecule has 2 nitrogen and oxygen atoms in total. The molecule has 0 saturated heterocycles. The van der Waals surface area contributed by atoms with E-state index in [1.165, 1.54) is 22.3 Å². The molecule has 0 spiro atoms. The Balaban J connectivity index is 1.53. The average Bonchev–Trinajstić information content (AvgIpc) is 3.26. The van der Waals surface area contributed by atoms with Crippen LogP contribution >= 0.6 is 0 Å². The summed E-state index contributed by atoms with van der Waals surface area (Å²) in [6.45, 7) is 3.84. The Morgan fingerprint density at radius 1 is 1.11 bits per heavy atom. The molecule has 4 rings (SSSR count). The molecule has 2 aromatic rings. The molecule has 0 aliphatic heterocycles. The average molecular weight is 382 g/mol. The Kier molecular flexibility index (Phi) is 4.82. The maximum atomic E-state index is 12.6. The number of halogens is 2. The zero-order valence-electron chi connectivity index (χ0n) is 16.2. The number of carbonyl (C=O) groups excluding carboxylic acids is 1. The van der Waals surface area contributed by atoms with Gasteiger partial charge in [0.1, 0.15) is 6.61 Å². The summed E-state index contributed by atoms with van der Waals surface area (Å²) >= 11 is 0. The Bertz CT molecular complexity index is 941. The van der Waals surface area contributed by atoms with Gasteiger partial charge < -0.3 is 4.74 Å². The zero-order chi connectivity index (χ0) is 19.9. The number of allylic oxidation sites excluding steroid dienone is 1. The van der Waals surface area contributed by atoms with Gasteiger partial charge in [-0.3, -0.25) is 4.79 Å². The topological polar surface area (TPSA) is 26.3 Å². The summed E-state index contributed by atoms with van der Waals surface area (Å²) in [5, 5.41) is 0. The van der Waals surface area contributed by atoms with Crippen LogP contribution in [0.15, 0.2) is 54.6 Å². The summed E-state index contributed by atoms with van der Waals surface area (Å²) in [5.41, 5.74) is 5.54. The second kappa shape index (κ2) is 7.16. The molecule has 0 N–H and O–H groups in total. The minimum Gasteiger partial charge on any atom is -0.461 e. The van der Waals surface area contributed by atoms with Crippen molar-refractivity contribution in [2.75, 3.05) is 0 Å². The number of carbonyl (C=O) groups is 1. The van der Waals surface area contributed by atoms with Crippen molar-refractivity contribution in [3.8, 4) is 11.1 Å². The fourth-order valence-corrected chi connectivity index (χ4v) is 4.59. The lowest BCUT2D eigenvalue weighted by Crippen LogP contribution is -2.11. The van der Waals surface area contributed by atoms with E-state index in [9.17, 15) is 13.6 Å². The van der Waals surface area contributed by atoms with Gasteiger partial charge in [0, 0.05) is 5.92 Å². The highest BCUT2D eigenvalue weighted by Gasteiger charge is 2.62. The van der Waals surface area contributed by atoms with Crippen LogP contribution in [0.3, 0.4) is 0 Å². The van der Waals surface area contributed by atoms with Gasteiger partial charge in [0.25, 0.3) is 6.08 Å². The van der Waals surface area contributed by atoms with Gasteiger partial charge in [-0.1, -0.05) is 56.3 Å². The molecule has 2 atom stereocenters. The highest BCUT2D eigenvalue weighted by atomic mass is 19.3. The largest absolute Gasteiger partial charge is 0.461 e. The van der Waals surface area contributed by atoms with Crippen molar-refractivity contribution in [2.24, 2.45) is 17.3 Å². The summed E-state index contributed by atoms with van der Waals surface area (Å²) in [5.74, 6) is -1.35. The summed E-state index contributed by atoms with van der Waals surface area (Å²) in [7, 11) is 0. The van der Waals surface area contributed by atoms with Crippen molar-refractivity contribution in [1.82, 2.24) is 0 Å². The number of ether oxygens (including phenoxy) is 1. The van der Waals surface area contributed by atoms with E-state index in [2.05, 4.69) is 24.3 Å². The molecule has 0 amide bonds. The number of hydrogen-bond donors (Lipinski definition) is 0. The fraction of sp³-hybridized carbons (Fsp3) is 0.375. The second-order valence-electron chi connectivity index (χ2n) is 8.34. The first-order chi connectivity index (χ1) is 13.4. The number of aryl methyl sites for hydroxylation is 1. The van der Waals surface area contributed by atoms with Crippen LogP contribution in [0.1, 0.15) is 37.0 Å². The maximum absolute atomic E-state index is 12.6. The predicted molar refractivity (Wildman–Crippen MR) is 105 cm³/mol. The molecule has 0 bridgehead atoms. The summed E-state index contributed by atoms with van der Waals surface area (Å²) in [6.07, 6.45) is 2.17. The van der Waals surface area contributed by atoms with Gasteiger partial charge in [-0.15, -0.1) is 0 Å². The number of fused-ring (bicyclic) bond motifs is 3. The summed E-state index contributed by atoms with van der Waals surface area (Å²) in [4.78, 5) is 12.5. The Morgan fingerprint density at radius 3 is 2.64 bits per heavy atom. The van der Waals surface area contributed by atoms with Crippen LogP contribution in [0.25, 0.3) is 11.1 Å². The van der Waals surface area contributed by atoms with E-state index >= 15 is 0 Å². The monoisotopic (exact) mass is 382 g/mol. The fourth-order valence-electron chi connectivity index (χ4n) is 4.59. The van der Waals surface area contributed by atoms with Gasteiger partial charge in [-0.25, -0.2) is 0 Å². The molecular formula is C24H24F2O2. The quantitative estimate of drug-likeness (QED) is 0.612. The standard InChI is InChI=1S/C24H24F2O2/c1-24(2)20(13-21(25)26)22(24)23(27)28-14-16-9-6-12-19-17-10-4-3-7-15(17)8-5-11-18(16)19/h3-4,6-7,9-10,12-13,20,22H,5,8,11,14H2,1-2H3/t20-,22+/m0/s1. The van der Waals surface area contributed by atoms with E-state index in [0.717, 1.165) is 30.9 Å². The van der Waals surface area contributed by atoms with Crippen molar-refractivity contribution in [3.63, 3.8) is 0 Å². The molecule has 0 unspecified atom stereocenters. The third-order valence-corrected chi connectivity index (χ3v) is 6.29. The van der Waals surface area contributed by atoms with Crippen LogP contribution in [0.4, 0.5) is 8.78 Å². The Hall–Kier alpha value is -2.49. The highest BCUT2D eigenvalue weighted by Crippen LogP contribution is 2.60.